The molecule has 49 heavy (non-hydrogen) atoms. The smallest absolute Gasteiger partial charge is 0.343 e. The van der Waals surface area contributed by atoms with E-state index in [0.29, 0.717) is 37.3 Å². The summed E-state index contributed by atoms with van der Waals surface area (Å²) >= 11 is 0. The highest BCUT2D eigenvalue weighted by Crippen LogP contribution is 2.20. The number of amides is 6. The fourth-order valence-corrected chi connectivity index (χ4v) is 5.88. The molecule has 2 aliphatic rings. The van der Waals surface area contributed by atoms with E-state index >= 15 is 0 Å². The number of likely N-dealkylation sites (tertiary alicyclic amines) is 1. The molecule has 2 saturated heterocycles. The average molecular weight is 686 g/mol. The minimum Gasteiger partial charge on any atom is -0.343 e. The molecule has 0 aromatic heterocycles. The van der Waals surface area contributed by atoms with Crippen molar-refractivity contribution in [2.75, 3.05) is 13.1 Å². The lowest BCUT2D eigenvalue weighted by atomic mass is 10.0. The van der Waals surface area contributed by atoms with E-state index in [4.69, 9.17) is 16.3 Å². The Hall–Kier alpha value is -4.37. The summed E-state index contributed by atoms with van der Waals surface area (Å²) in [5.41, 5.74) is 12.8. The molecule has 5 atom stereocenters. The largest absolute Gasteiger partial charge is 0.355 e. The second kappa shape index (κ2) is 18.4. The van der Waals surface area contributed by atoms with E-state index in [1.54, 1.807) is 13.8 Å². The third-order valence-electron chi connectivity index (χ3n) is 8.53. The van der Waals surface area contributed by atoms with E-state index in [9.17, 15) is 33.6 Å². The molecule has 0 bridgehead atoms. The Morgan fingerprint density at radius 1 is 0.918 bits per heavy atom. The van der Waals surface area contributed by atoms with Gasteiger partial charge in [-0.1, -0.05) is 58.0 Å². The van der Waals surface area contributed by atoms with Gasteiger partial charge in [0.05, 0.1) is 6.04 Å². The van der Waals surface area contributed by atoms with Crippen LogP contribution in [0.15, 0.2) is 30.3 Å². The van der Waals surface area contributed by atoms with Gasteiger partial charge in [-0.3, -0.25) is 28.8 Å². The number of imide groups is 1. The van der Waals surface area contributed by atoms with Crippen LogP contribution in [0, 0.1) is 11.8 Å². The fraction of sp³-hybridized carbons (Fsp3) is 0.618. The lowest BCUT2D eigenvalue weighted by molar-refractivity contribution is -0.199. The lowest BCUT2D eigenvalue weighted by Crippen LogP contribution is -2.59. The van der Waals surface area contributed by atoms with Crippen molar-refractivity contribution in [3.05, 3.63) is 35.9 Å². The third kappa shape index (κ3) is 11.1. The van der Waals surface area contributed by atoms with Crippen molar-refractivity contribution in [2.45, 2.75) is 109 Å². The maximum Gasteiger partial charge on any atom is 0.355 e. The predicted molar refractivity (Wildman–Crippen MR) is 178 cm³/mol. The van der Waals surface area contributed by atoms with Crippen LogP contribution in [0.3, 0.4) is 0 Å². The highest BCUT2D eigenvalue weighted by Gasteiger charge is 2.39. The number of nitrogens with one attached hydrogen (secondary N) is 3. The summed E-state index contributed by atoms with van der Waals surface area (Å²) < 4.78 is 0. The quantitative estimate of drug-likeness (QED) is 0.139. The first-order chi connectivity index (χ1) is 23.2. The molecule has 1 aromatic carbocycles. The second-order valence-corrected chi connectivity index (χ2v) is 13.4. The Morgan fingerprint density at radius 3 is 2.14 bits per heavy atom. The molecule has 1 aromatic rings. The Labute approximate surface area is 287 Å². The maximum atomic E-state index is 13.6. The van der Waals surface area contributed by atoms with Crippen LogP contribution >= 0.6 is 0 Å². The molecule has 15 nitrogen and oxygen atoms in total. The summed E-state index contributed by atoms with van der Waals surface area (Å²) in [6, 6.07) is 4.30. The maximum absolute atomic E-state index is 13.6. The van der Waals surface area contributed by atoms with Crippen LogP contribution < -0.4 is 27.4 Å². The van der Waals surface area contributed by atoms with E-state index in [2.05, 4.69) is 16.0 Å². The van der Waals surface area contributed by atoms with Crippen molar-refractivity contribution in [1.29, 1.82) is 0 Å². The second-order valence-electron chi connectivity index (χ2n) is 13.4. The molecule has 0 unspecified atom stereocenters. The molecular formula is C34H51N7O8. The Kier molecular flexibility index (Phi) is 14.7. The average Bonchev–Trinajstić information content (AvgIpc) is 3.67. The fourth-order valence-electron chi connectivity index (χ4n) is 5.88. The van der Waals surface area contributed by atoms with Crippen molar-refractivity contribution >= 4 is 41.4 Å². The molecule has 0 spiro atoms. The Morgan fingerprint density at radius 2 is 1.55 bits per heavy atom. The number of nitrogens with two attached hydrogens (primary N) is 2. The van der Waals surface area contributed by atoms with Crippen LogP contribution in [0.5, 0.6) is 0 Å². The van der Waals surface area contributed by atoms with Gasteiger partial charge in [0.25, 0.3) is 11.8 Å². The van der Waals surface area contributed by atoms with Crippen LogP contribution in [0.2, 0.25) is 0 Å². The molecular weight excluding hydrogens is 634 g/mol. The van der Waals surface area contributed by atoms with Crippen LogP contribution in [-0.2, 0) is 44.8 Å². The first-order valence-corrected chi connectivity index (χ1v) is 17.0. The molecule has 2 heterocycles. The first kappa shape index (κ1) is 39.1. The highest BCUT2D eigenvalue weighted by molar-refractivity contribution is 6.02. The highest BCUT2D eigenvalue weighted by atomic mass is 16.7. The molecule has 7 N–H and O–H groups in total. The normalized spacial score (nSPS) is 18.7. The number of hydrogen-bond donors (Lipinski definition) is 5. The van der Waals surface area contributed by atoms with E-state index in [-0.39, 0.29) is 44.1 Å². The predicted octanol–water partition coefficient (Wildman–Crippen LogP) is 0.0500. The number of hydroxylamine groups is 2. The van der Waals surface area contributed by atoms with Gasteiger partial charge in [0.1, 0.15) is 24.2 Å². The summed E-state index contributed by atoms with van der Waals surface area (Å²) in [6.45, 7) is 7.69. The van der Waals surface area contributed by atoms with Crippen LogP contribution in [0.4, 0.5) is 0 Å². The topological polar surface area (TPSA) is 223 Å². The number of benzene rings is 1. The minimum absolute atomic E-state index is 0.0784. The van der Waals surface area contributed by atoms with Gasteiger partial charge >= 0.3 is 5.97 Å². The number of rotatable bonds is 17. The SMILES string of the molecule is CC(C)C[C@H](NC(=O)[C@H](CCCN)NC(=O)[C@H](NC(=O)[C@@H]1CCCN1C(=O)[C@@H](N)Cc1ccccc1)C(C)C)C(=O)ON1C(=O)CCC1=O. The van der Waals surface area contributed by atoms with Gasteiger partial charge in [0.2, 0.25) is 23.6 Å². The van der Waals surface area contributed by atoms with E-state index in [1.807, 2.05) is 44.2 Å². The van der Waals surface area contributed by atoms with Gasteiger partial charge in [-0.05, 0) is 62.5 Å². The first-order valence-electron chi connectivity index (χ1n) is 17.0. The molecule has 0 radical (unpaired) electrons. The monoisotopic (exact) mass is 685 g/mol. The lowest BCUT2D eigenvalue weighted by Gasteiger charge is -2.30. The Bertz CT molecular complexity index is 1340. The van der Waals surface area contributed by atoms with Crippen LogP contribution in [0.1, 0.15) is 78.2 Å². The van der Waals surface area contributed by atoms with E-state index < -0.39 is 71.6 Å². The summed E-state index contributed by atoms with van der Waals surface area (Å²) in [6.07, 6.45) is 1.79. The number of nitrogens with zero attached hydrogens (tertiary/aromatic N) is 2. The van der Waals surface area contributed by atoms with Gasteiger partial charge in [-0.15, -0.1) is 5.06 Å². The molecule has 15 heteroatoms. The summed E-state index contributed by atoms with van der Waals surface area (Å²) in [5, 5.41) is 8.50. The molecule has 2 aliphatic heterocycles. The van der Waals surface area contributed by atoms with Crippen molar-refractivity contribution < 1.29 is 38.4 Å². The van der Waals surface area contributed by atoms with Crippen molar-refractivity contribution in [3.63, 3.8) is 0 Å². The minimum atomic E-state index is -1.22. The molecule has 0 saturated carbocycles. The summed E-state index contributed by atoms with van der Waals surface area (Å²) in [4.78, 5) is 97.5. The molecule has 2 fully saturated rings. The van der Waals surface area contributed by atoms with Crippen LogP contribution in [-0.4, -0.2) is 94.7 Å². The Balaban J connectivity index is 1.68. The molecule has 3 rings (SSSR count). The van der Waals surface area contributed by atoms with Gasteiger partial charge in [-0.25, -0.2) is 4.79 Å². The molecule has 270 valence electrons. The van der Waals surface area contributed by atoms with Crippen LogP contribution in [0.25, 0.3) is 0 Å². The van der Waals surface area contributed by atoms with E-state index in [0.717, 1.165) is 5.56 Å². The van der Waals surface area contributed by atoms with Crippen molar-refractivity contribution in [1.82, 2.24) is 25.9 Å². The van der Waals surface area contributed by atoms with Crippen molar-refractivity contribution in [2.24, 2.45) is 23.3 Å². The number of hydrogen-bond acceptors (Lipinski definition) is 10. The standard InChI is InChI=1S/C34H51N7O8/c1-20(2)18-25(34(48)49-41-27(42)14-15-28(41)43)38-30(44)24(12-8-16-35)37-32(46)29(21(3)4)39-31(45)26-13-9-17-40(26)33(47)23(36)19-22-10-6-5-7-11-22/h5-7,10-11,20-21,23-26,29H,8-9,12-19,35-36H2,1-4H3,(H,37,46)(H,38,44)(H,39,45)/t23-,24-,25-,26-,29+/m0/s1. The number of carbonyl (C=O) groups excluding carboxylic acids is 7. The van der Waals surface area contributed by atoms with Gasteiger partial charge < -0.3 is 37.2 Å². The number of carbonyl (C=O) groups is 7. The summed E-state index contributed by atoms with van der Waals surface area (Å²) in [7, 11) is 0. The van der Waals surface area contributed by atoms with Gasteiger partial charge in [0, 0.05) is 19.4 Å². The van der Waals surface area contributed by atoms with E-state index in [1.165, 1.54) is 4.90 Å². The van der Waals surface area contributed by atoms with Gasteiger partial charge in [0.15, 0.2) is 0 Å². The molecule has 0 aliphatic carbocycles. The van der Waals surface area contributed by atoms with Gasteiger partial charge in [-0.2, -0.15) is 0 Å². The summed E-state index contributed by atoms with van der Waals surface area (Å²) in [5.74, 6) is -4.95. The zero-order valence-electron chi connectivity index (χ0n) is 28.8. The zero-order valence-corrected chi connectivity index (χ0v) is 28.8. The van der Waals surface area contributed by atoms with Crippen molar-refractivity contribution in [3.8, 4) is 0 Å². The zero-order chi connectivity index (χ0) is 36.2. The molecule has 6 amide bonds. The third-order valence-corrected chi connectivity index (χ3v) is 8.53.